The number of carboxylic acids is 1. The van der Waals surface area contributed by atoms with Crippen molar-refractivity contribution in [3.63, 3.8) is 0 Å². The summed E-state index contributed by atoms with van der Waals surface area (Å²) in [5, 5.41) is 12.5. The van der Waals surface area contributed by atoms with Crippen molar-refractivity contribution in [1.82, 2.24) is 5.32 Å². The molecule has 1 saturated carbocycles. The van der Waals surface area contributed by atoms with E-state index in [1.807, 2.05) is 12.1 Å². The first kappa shape index (κ1) is 14.9. The molecule has 0 saturated heterocycles. The zero-order valence-corrected chi connectivity index (χ0v) is 13.4. The fourth-order valence-electron chi connectivity index (χ4n) is 3.25. The molecule has 1 aliphatic heterocycles. The molecule has 1 aromatic carbocycles. The van der Waals surface area contributed by atoms with E-state index in [2.05, 4.69) is 27.3 Å². The van der Waals surface area contributed by atoms with Crippen molar-refractivity contribution < 1.29 is 14.6 Å². The van der Waals surface area contributed by atoms with Crippen LogP contribution in [0.1, 0.15) is 31.2 Å². The van der Waals surface area contributed by atoms with Gasteiger partial charge in [0.2, 0.25) is 0 Å². The van der Waals surface area contributed by atoms with Crippen LogP contribution in [0, 0.1) is 5.92 Å². The van der Waals surface area contributed by atoms with Crippen LogP contribution in [-0.2, 0) is 11.2 Å². The van der Waals surface area contributed by atoms with Crippen molar-refractivity contribution in [2.75, 3.05) is 6.54 Å². The van der Waals surface area contributed by atoms with Gasteiger partial charge in [0.1, 0.15) is 11.9 Å². The van der Waals surface area contributed by atoms with Crippen molar-refractivity contribution >= 4 is 21.9 Å². The Bertz CT molecular complexity index is 526. The van der Waals surface area contributed by atoms with Gasteiger partial charge in [0.15, 0.2) is 0 Å². The van der Waals surface area contributed by atoms with E-state index in [0.717, 1.165) is 48.9 Å². The smallest absolute Gasteiger partial charge is 0.306 e. The maximum Gasteiger partial charge on any atom is 0.306 e. The minimum absolute atomic E-state index is 0.146. The molecule has 3 rings (SSSR count). The second-order valence-electron chi connectivity index (χ2n) is 5.99. The molecule has 0 bridgehead atoms. The highest BCUT2D eigenvalue weighted by molar-refractivity contribution is 9.10. The molecule has 114 valence electrons. The summed E-state index contributed by atoms with van der Waals surface area (Å²) in [6.45, 7) is 0.828. The summed E-state index contributed by atoms with van der Waals surface area (Å²) in [5.41, 5.74) is 1.26. The van der Waals surface area contributed by atoms with Gasteiger partial charge in [-0.2, -0.15) is 0 Å². The molecule has 1 atom stereocenters. The normalized spacial score (nSPS) is 28.0. The van der Waals surface area contributed by atoms with Gasteiger partial charge >= 0.3 is 5.97 Å². The average Bonchev–Trinajstić information content (AvgIpc) is 2.87. The third-order valence-corrected chi connectivity index (χ3v) is 4.97. The number of carbonyl (C=O) groups is 1. The molecule has 1 aromatic rings. The van der Waals surface area contributed by atoms with Crippen LogP contribution in [0.3, 0.4) is 0 Å². The van der Waals surface area contributed by atoms with Gasteiger partial charge in [-0.15, -0.1) is 0 Å². The van der Waals surface area contributed by atoms with Gasteiger partial charge < -0.3 is 15.2 Å². The van der Waals surface area contributed by atoms with Crippen LogP contribution in [0.4, 0.5) is 0 Å². The first-order valence-electron chi connectivity index (χ1n) is 7.53. The number of ether oxygens (including phenoxy) is 1. The van der Waals surface area contributed by atoms with E-state index in [4.69, 9.17) is 9.84 Å². The van der Waals surface area contributed by atoms with Crippen molar-refractivity contribution in [3.05, 3.63) is 28.2 Å². The van der Waals surface area contributed by atoms with Gasteiger partial charge in [0, 0.05) is 23.5 Å². The number of nitrogens with one attached hydrogen (secondary N) is 1. The number of fused-ring (bicyclic) bond motifs is 1. The fraction of sp³-hybridized carbons (Fsp3) is 0.562. The Morgan fingerprint density at radius 2 is 2.10 bits per heavy atom. The lowest BCUT2D eigenvalue weighted by Gasteiger charge is -2.27. The Labute approximate surface area is 133 Å². The van der Waals surface area contributed by atoms with E-state index < -0.39 is 5.97 Å². The molecule has 0 radical (unpaired) electrons. The minimum atomic E-state index is -0.645. The first-order chi connectivity index (χ1) is 10.1. The van der Waals surface area contributed by atoms with Crippen molar-refractivity contribution in [1.29, 1.82) is 0 Å². The zero-order valence-electron chi connectivity index (χ0n) is 11.8. The Morgan fingerprint density at radius 3 is 2.81 bits per heavy atom. The Kier molecular flexibility index (Phi) is 4.50. The molecule has 0 spiro atoms. The van der Waals surface area contributed by atoms with Gasteiger partial charge in [-0.1, -0.05) is 15.9 Å². The zero-order chi connectivity index (χ0) is 14.8. The summed E-state index contributed by atoms with van der Waals surface area (Å²) < 4.78 is 7.02. The van der Waals surface area contributed by atoms with Crippen LogP contribution in [0.5, 0.6) is 5.75 Å². The summed E-state index contributed by atoms with van der Waals surface area (Å²) in [6, 6.07) is 6.56. The van der Waals surface area contributed by atoms with Gasteiger partial charge in [-0.05, 0) is 49.4 Å². The second-order valence-corrected chi connectivity index (χ2v) is 6.91. The summed E-state index contributed by atoms with van der Waals surface area (Å²) >= 11 is 3.48. The molecule has 1 heterocycles. The van der Waals surface area contributed by atoms with Gasteiger partial charge in [0.25, 0.3) is 0 Å². The predicted octanol–water partition coefficient (Wildman–Crippen LogP) is 2.99. The third kappa shape index (κ3) is 3.58. The first-order valence-corrected chi connectivity index (χ1v) is 8.32. The molecule has 1 fully saturated rings. The number of benzene rings is 1. The third-order valence-electron chi connectivity index (χ3n) is 4.47. The van der Waals surface area contributed by atoms with Gasteiger partial charge in [-0.3, -0.25) is 4.79 Å². The number of rotatable bonds is 4. The van der Waals surface area contributed by atoms with Crippen molar-refractivity contribution in [3.8, 4) is 5.75 Å². The van der Waals surface area contributed by atoms with Gasteiger partial charge in [0.05, 0.1) is 5.92 Å². The van der Waals surface area contributed by atoms with Crippen LogP contribution in [-0.4, -0.2) is 29.8 Å². The molecular formula is C16H20BrNO3. The quantitative estimate of drug-likeness (QED) is 0.873. The van der Waals surface area contributed by atoms with E-state index in [0.29, 0.717) is 6.04 Å². The van der Waals surface area contributed by atoms with Gasteiger partial charge in [-0.25, -0.2) is 0 Å². The van der Waals surface area contributed by atoms with Crippen LogP contribution in [0.2, 0.25) is 0 Å². The van der Waals surface area contributed by atoms with E-state index in [-0.39, 0.29) is 12.0 Å². The van der Waals surface area contributed by atoms with Crippen molar-refractivity contribution in [2.45, 2.75) is 44.2 Å². The predicted molar refractivity (Wildman–Crippen MR) is 83.6 cm³/mol. The molecule has 2 N–H and O–H groups in total. The lowest BCUT2D eigenvalue weighted by molar-refractivity contribution is -0.142. The second kappa shape index (κ2) is 6.36. The maximum atomic E-state index is 10.9. The monoisotopic (exact) mass is 353 g/mol. The number of carboxylic acid groups (broad SMARTS) is 1. The summed E-state index contributed by atoms with van der Waals surface area (Å²) in [4.78, 5) is 10.9. The van der Waals surface area contributed by atoms with Crippen LogP contribution >= 0.6 is 15.9 Å². The summed E-state index contributed by atoms with van der Waals surface area (Å²) in [7, 11) is 0. The molecule has 21 heavy (non-hydrogen) atoms. The van der Waals surface area contributed by atoms with E-state index in [1.54, 1.807) is 0 Å². The Hall–Kier alpha value is -1.07. The molecule has 1 aliphatic carbocycles. The van der Waals surface area contributed by atoms with Crippen LogP contribution in [0.15, 0.2) is 22.7 Å². The molecule has 0 amide bonds. The molecule has 1 unspecified atom stereocenters. The molecular weight excluding hydrogens is 334 g/mol. The maximum absolute atomic E-state index is 10.9. The molecule has 4 nitrogen and oxygen atoms in total. The number of hydrogen-bond acceptors (Lipinski definition) is 3. The standard InChI is InChI=1S/C16H20BrNO3/c17-12-3-6-15-11(7-12)8-14(21-15)9-18-13-4-1-10(2-5-13)16(19)20/h3,6-7,10,13-14,18H,1-2,4-5,8-9H2,(H,19,20). The summed E-state index contributed by atoms with van der Waals surface area (Å²) in [5.74, 6) is 0.195. The molecule has 0 aromatic heterocycles. The largest absolute Gasteiger partial charge is 0.488 e. The minimum Gasteiger partial charge on any atom is -0.488 e. The Morgan fingerprint density at radius 1 is 1.33 bits per heavy atom. The lowest BCUT2D eigenvalue weighted by atomic mass is 9.86. The van der Waals surface area contributed by atoms with E-state index >= 15 is 0 Å². The highest BCUT2D eigenvalue weighted by Gasteiger charge is 2.27. The highest BCUT2D eigenvalue weighted by Crippen LogP contribution is 2.31. The van der Waals surface area contributed by atoms with E-state index in [9.17, 15) is 4.79 Å². The number of hydrogen-bond donors (Lipinski definition) is 2. The topological polar surface area (TPSA) is 58.6 Å². The summed E-state index contributed by atoms with van der Waals surface area (Å²) in [6.07, 6.45) is 4.58. The number of halogens is 1. The fourth-order valence-corrected chi connectivity index (χ4v) is 3.65. The highest BCUT2D eigenvalue weighted by atomic mass is 79.9. The van der Waals surface area contributed by atoms with Crippen molar-refractivity contribution in [2.24, 2.45) is 5.92 Å². The number of aliphatic carboxylic acids is 1. The molecule has 5 heteroatoms. The molecule has 2 aliphatic rings. The van der Waals surface area contributed by atoms with E-state index in [1.165, 1.54) is 5.56 Å². The SMILES string of the molecule is O=C(O)C1CCC(NCC2Cc3cc(Br)ccc3O2)CC1. The van der Waals surface area contributed by atoms with Crippen LogP contribution in [0.25, 0.3) is 0 Å². The average molecular weight is 354 g/mol. The lowest BCUT2D eigenvalue weighted by Crippen LogP contribution is -2.40. The van der Waals surface area contributed by atoms with Crippen LogP contribution < -0.4 is 10.1 Å². The Balaban J connectivity index is 1.44.